The topological polar surface area (TPSA) is 37.4 Å². The Bertz CT molecular complexity index is 1790. The van der Waals surface area contributed by atoms with Crippen LogP contribution in [-0.4, -0.2) is 25.8 Å². The predicted octanol–water partition coefficient (Wildman–Crippen LogP) is 10.1. The first kappa shape index (κ1) is 32.5. The summed E-state index contributed by atoms with van der Waals surface area (Å²) in [7, 11) is -3.98. The summed E-state index contributed by atoms with van der Waals surface area (Å²) in [6.07, 6.45) is 0. The van der Waals surface area contributed by atoms with Crippen molar-refractivity contribution in [1.29, 1.82) is 0 Å². The van der Waals surface area contributed by atoms with Crippen LogP contribution in [0.5, 0.6) is 0 Å². The first-order chi connectivity index (χ1) is 21.7. The molecular formula is C39H35Cl2NO2S. The molecule has 0 aliphatic heterocycles. The molecule has 0 aromatic heterocycles. The van der Waals surface area contributed by atoms with E-state index in [9.17, 15) is 8.42 Å². The molecule has 228 valence electrons. The van der Waals surface area contributed by atoms with Crippen LogP contribution < -0.4 is 0 Å². The molecule has 0 heterocycles. The van der Waals surface area contributed by atoms with Crippen molar-refractivity contribution in [1.82, 2.24) is 4.31 Å². The molecule has 45 heavy (non-hydrogen) atoms. The number of sulfonamides is 1. The molecule has 2 atom stereocenters. The fourth-order valence-electron chi connectivity index (χ4n) is 5.70. The van der Waals surface area contributed by atoms with Gasteiger partial charge < -0.3 is 0 Å². The minimum Gasteiger partial charge on any atom is -0.207 e. The Labute approximate surface area is 277 Å². The Kier molecular flexibility index (Phi) is 10.4. The third-order valence-electron chi connectivity index (χ3n) is 7.93. The van der Waals surface area contributed by atoms with Crippen molar-refractivity contribution in [2.75, 3.05) is 13.1 Å². The molecule has 0 aliphatic carbocycles. The SMILES string of the molecule is C=C(CN(CC(=C)C(c1ccccc1)c1ccccc1Cl)S(=O)(=O)c1ccc(C)cc1)C(c1ccccc1)c1ccccc1Cl. The molecular weight excluding hydrogens is 617 g/mol. The fraction of sp³-hybridized carbons (Fsp3) is 0.128. The lowest BCUT2D eigenvalue weighted by Gasteiger charge is -2.31. The van der Waals surface area contributed by atoms with Gasteiger partial charge in [0.05, 0.1) is 4.90 Å². The smallest absolute Gasteiger partial charge is 0.207 e. The zero-order valence-electron chi connectivity index (χ0n) is 25.1. The zero-order valence-corrected chi connectivity index (χ0v) is 27.4. The Morgan fingerprint density at radius 3 is 1.38 bits per heavy atom. The maximum absolute atomic E-state index is 14.4. The average molecular weight is 653 g/mol. The maximum atomic E-state index is 14.4. The van der Waals surface area contributed by atoms with Gasteiger partial charge in [-0.3, -0.25) is 0 Å². The lowest BCUT2D eigenvalue weighted by Crippen LogP contribution is -2.36. The zero-order chi connectivity index (χ0) is 32.0. The van der Waals surface area contributed by atoms with E-state index in [1.165, 1.54) is 4.31 Å². The maximum Gasteiger partial charge on any atom is 0.243 e. The number of nitrogens with zero attached hydrogens (tertiary/aromatic N) is 1. The number of hydrogen-bond acceptors (Lipinski definition) is 2. The largest absolute Gasteiger partial charge is 0.243 e. The molecule has 5 rings (SSSR count). The second kappa shape index (κ2) is 14.4. The summed E-state index contributed by atoms with van der Waals surface area (Å²) in [5.41, 5.74) is 6.01. The fourth-order valence-corrected chi connectivity index (χ4v) is 7.64. The van der Waals surface area contributed by atoms with Gasteiger partial charge in [0.15, 0.2) is 0 Å². The highest BCUT2D eigenvalue weighted by molar-refractivity contribution is 7.89. The van der Waals surface area contributed by atoms with Gasteiger partial charge in [-0.05, 0) is 53.4 Å². The second-order valence-corrected chi connectivity index (χ2v) is 13.9. The minimum atomic E-state index is -3.98. The van der Waals surface area contributed by atoms with Crippen LogP contribution in [-0.2, 0) is 10.0 Å². The summed E-state index contributed by atoms with van der Waals surface area (Å²) in [4.78, 5) is 0.205. The van der Waals surface area contributed by atoms with Crippen molar-refractivity contribution in [2.24, 2.45) is 0 Å². The van der Waals surface area contributed by atoms with Crippen LogP contribution in [0.2, 0.25) is 10.0 Å². The summed E-state index contributed by atoms with van der Waals surface area (Å²) in [6, 6.07) is 42.0. The Morgan fingerprint density at radius 1 is 0.600 bits per heavy atom. The van der Waals surface area contributed by atoms with E-state index in [1.54, 1.807) is 12.1 Å². The van der Waals surface area contributed by atoms with Gasteiger partial charge in [0, 0.05) is 35.0 Å². The van der Waals surface area contributed by atoms with Crippen LogP contribution in [0.3, 0.4) is 0 Å². The molecule has 3 nitrogen and oxygen atoms in total. The van der Waals surface area contributed by atoms with Gasteiger partial charge in [0.1, 0.15) is 0 Å². The van der Waals surface area contributed by atoms with Crippen LogP contribution >= 0.6 is 23.2 Å². The van der Waals surface area contributed by atoms with E-state index in [-0.39, 0.29) is 29.8 Å². The first-order valence-corrected chi connectivity index (χ1v) is 16.9. The Hall–Kier alpha value is -3.93. The van der Waals surface area contributed by atoms with Crippen LogP contribution in [0, 0.1) is 6.92 Å². The monoisotopic (exact) mass is 651 g/mol. The highest BCUT2D eigenvalue weighted by atomic mass is 35.5. The van der Waals surface area contributed by atoms with Crippen molar-refractivity contribution < 1.29 is 8.42 Å². The molecule has 0 radical (unpaired) electrons. The summed E-state index contributed by atoms with van der Waals surface area (Å²) in [5.74, 6) is -0.672. The first-order valence-electron chi connectivity index (χ1n) is 14.7. The van der Waals surface area contributed by atoms with Crippen molar-refractivity contribution in [3.63, 3.8) is 0 Å². The number of hydrogen-bond donors (Lipinski definition) is 0. The molecule has 6 heteroatoms. The lowest BCUT2D eigenvalue weighted by molar-refractivity contribution is 0.450. The molecule has 0 spiro atoms. The third kappa shape index (κ3) is 7.49. The van der Waals surface area contributed by atoms with E-state index in [2.05, 4.69) is 13.2 Å². The molecule has 0 fully saturated rings. The van der Waals surface area contributed by atoms with Crippen LogP contribution in [0.25, 0.3) is 0 Å². The molecule has 0 bridgehead atoms. The lowest BCUT2D eigenvalue weighted by atomic mass is 9.84. The number of aryl methyl sites for hydroxylation is 1. The standard InChI is InChI=1S/C39H35Cl2NO2S/c1-28-22-24-33(25-23-28)45(43,44)42(26-29(2)38(31-14-6-4-7-15-31)34-18-10-12-20-36(34)40)27-30(3)39(32-16-8-5-9-17-32)35-19-11-13-21-37(35)41/h4-25,38-39H,2-3,26-27H2,1H3. The summed E-state index contributed by atoms with van der Waals surface area (Å²) in [6.45, 7) is 11.0. The van der Waals surface area contributed by atoms with Gasteiger partial charge in [-0.25, -0.2) is 8.42 Å². The van der Waals surface area contributed by atoms with Gasteiger partial charge in [-0.2, -0.15) is 4.31 Å². The Morgan fingerprint density at radius 2 is 0.978 bits per heavy atom. The van der Waals surface area contributed by atoms with Crippen LogP contribution in [0.1, 0.15) is 39.7 Å². The van der Waals surface area contributed by atoms with Gasteiger partial charge >= 0.3 is 0 Å². The van der Waals surface area contributed by atoms with Gasteiger partial charge in [0.25, 0.3) is 0 Å². The Balaban J connectivity index is 1.58. The van der Waals surface area contributed by atoms with E-state index in [4.69, 9.17) is 23.2 Å². The van der Waals surface area contributed by atoms with E-state index in [1.807, 2.05) is 128 Å². The molecule has 0 saturated carbocycles. The quantitative estimate of drug-likeness (QED) is 0.126. The van der Waals surface area contributed by atoms with E-state index in [0.29, 0.717) is 21.2 Å². The van der Waals surface area contributed by atoms with Gasteiger partial charge in [-0.1, -0.05) is 162 Å². The van der Waals surface area contributed by atoms with Gasteiger partial charge in [-0.15, -0.1) is 0 Å². The van der Waals surface area contributed by atoms with Crippen molar-refractivity contribution in [2.45, 2.75) is 23.7 Å². The normalized spacial score (nSPS) is 12.9. The number of halogens is 2. The van der Waals surface area contributed by atoms with E-state index >= 15 is 0 Å². The highest BCUT2D eigenvalue weighted by Gasteiger charge is 2.31. The molecule has 5 aromatic carbocycles. The molecule has 2 unspecified atom stereocenters. The molecule has 0 N–H and O–H groups in total. The van der Waals surface area contributed by atoms with Crippen molar-refractivity contribution in [3.05, 3.63) is 196 Å². The second-order valence-electron chi connectivity index (χ2n) is 11.1. The molecule has 0 saturated heterocycles. The number of rotatable bonds is 12. The van der Waals surface area contributed by atoms with Crippen LogP contribution in [0.15, 0.2) is 163 Å². The molecule has 5 aromatic rings. The highest BCUT2D eigenvalue weighted by Crippen LogP contribution is 2.39. The summed E-state index contributed by atoms with van der Waals surface area (Å²) in [5, 5.41) is 1.18. The van der Waals surface area contributed by atoms with Gasteiger partial charge in [0.2, 0.25) is 10.0 Å². The molecule has 0 aliphatic rings. The van der Waals surface area contributed by atoms with Crippen molar-refractivity contribution in [3.8, 4) is 0 Å². The summed E-state index contributed by atoms with van der Waals surface area (Å²) >= 11 is 13.5. The van der Waals surface area contributed by atoms with E-state index < -0.39 is 10.0 Å². The number of benzene rings is 5. The van der Waals surface area contributed by atoms with Crippen molar-refractivity contribution >= 4 is 33.2 Å². The van der Waals surface area contributed by atoms with E-state index in [0.717, 1.165) is 27.8 Å². The third-order valence-corrected chi connectivity index (χ3v) is 10.4. The van der Waals surface area contributed by atoms with Crippen LogP contribution in [0.4, 0.5) is 0 Å². The minimum absolute atomic E-state index is 0.0457. The summed E-state index contributed by atoms with van der Waals surface area (Å²) < 4.78 is 30.3. The average Bonchev–Trinajstić information content (AvgIpc) is 3.04. The molecule has 0 amide bonds. The predicted molar refractivity (Wildman–Crippen MR) is 188 cm³/mol.